The molecule has 1 saturated heterocycles. The molecule has 4 aromatic carbocycles. The Bertz CT molecular complexity index is 3340. The van der Waals surface area contributed by atoms with Crippen molar-refractivity contribution in [1.82, 2.24) is 39.0 Å². The molecule has 330 valence electrons. The number of aromatic nitrogens is 8. The van der Waals surface area contributed by atoms with E-state index in [0.29, 0.717) is 11.6 Å². The van der Waals surface area contributed by atoms with Crippen LogP contribution in [0.5, 0.6) is 0 Å². The van der Waals surface area contributed by atoms with Crippen LogP contribution in [0.1, 0.15) is 50.2 Å². The van der Waals surface area contributed by atoms with Crippen LogP contribution in [0, 0.1) is 0 Å². The Labute approximate surface area is 392 Å². The van der Waals surface area contributed by atoms with E-state index in [-0.39, 0.29) is 18.3 Å². The highest BCUT2D eigenvalue weighted by Gasteiger charge is 2.51. The summed E-state index contributed by atoms with van der Waals surface area (Å²) in [7, 11) is 3.55. The van der Waals surface area contributed by atoms with Crippen LogP contribution in [0.25, 0.3) is 54.7 Å². The SMILES string of the molecule is CC1(C)OB(c2ccc3cc(Cc4ccccc4)ncc3c2)OC1(C)C.Cn1cc(-c2ccc3cc(Cc4ccccc4)ncc3c2)c2c(N)ncnc21.Cn1cc(Br)c2c(N)ncnc21. The highest BCUT2D eigenvalue weighted by molar-refractivity contribution is 9.10. The van der Waals surface area contributed by atoms with Gasteiger partial charge in [0.1, 0.15) is 35.6 Å². The molecule has 7 heterocycles. The normalized spacial score (nSPS) is 14.0. The number of aryl methyl sites for hydroxylation is 2. The van der Waals surface area contributed by atoms with E-state index in [9.17, 15) is 0 Å². The van der Waals surface area contributed by atoms with Crippen molar-refractivity contribution >= 4 is 83.8 Å². The molecule has 1 aliphatic rings. The van der Waals surface area contributed by atoms with Crippen LogP contribution in [0.4, 0.5) is 11.6 Å². The quantitative estimate of drug-likeness (QED) is 0.154. The zero-order valence-corrected chi connectivity index (χ0v) is 39.4. The molecule has 1 aliphatic heterocycles. The van der Waals surface area contributed by atoms with E-state index in [1.165, 1.54) is 34.6 Å². The van der Waals surface area contributed by atoms with Crippen molar-refractivity contribution in [2.75, 3.05) is 11.5 Å². The third-order valence-electron chi connectivity index (χ3n) is 12.4. The highest BCUT2D eigenvalue weighted by Crippen LogP contribution is 2.37. The molecular weight excluding hydrogens is 887 g/mol. The maximum Gasteiger partial charge on any atom is 0.494 e. The number of anilines is 2. The first-order chi connectivity index (χ1) is 31.7. The zero-order chi connectivity index (χ0) is 46.2. The standard InChI is InChI=1S/C23H19N5.C22H24BNO2.C7H7BrN4/c1-28-13-20(21-22(24)26-14-27-23(21)28)17-8-7-16-11-19(25-12-18(16)10-17)9-15-5-3-2-4-6-15;1-21(2)22(3,4)26-23(25-21)19-11-10-17-14-20(24-15-18(17)13-19)12-16-8-6-5-7-9-16;1-12-2-4(8)5-6(9)10-3-11-7(5)12/h2-8,10-14H,9H2,1H3,(H2,24,26,27);5-11,13-15H,12H2,1-4H3;2-3H,1H3,(H2,9,10,11). The fourth-order valence-corrected chi connectivity index (χ4v) is 8.81. The molecule has 12 nitrogen and oxygen atoms in total. The number of benzene rings is 4. The van der Waals surface area contributed by atoms with Crippen LogP contribution in [-0.4, -0.2) is 57.4 Å². The number of pyridine rings is 2. The van der Waals surface area contributed by atoms with Crippen LogP contribution >= 0.6 is 15.9 Å². The minimum atomic E-state index is -0.339. The maximum absolute atomic E-state index is 6.16. The summed E-state index contributed by atoms with van der Waals surface area (Å²) < 4.78 is 17.1. The largest absolute Gasteiger partial charge is 0.494 e. The summed E-state index contributed by atoms with van der Waals surface area (Å²) in [6.45, 7) is 8.30. The lowest BCUT2D eigenvalue weighted by Crippen LogP contribution is -2.41. The first kappa shape index (κ1) is 44.2. The van der Waals surface area contributed by atoms with Crippen LogP contribution < -0.4 is 16.9 Å². The number of nitrogen functional groups attached to an aromatic ring is 2. The van der Waals surface area contributed by atoms with Gasteiger partial charge in [-0.25, -0.2) is 19.9 Å². The second-order valence-electron chi connectivity index (χ2n) is 17.6. The van der Waals surface area contributed by atoms with Crippen LogP contribution in [-0.2, 0) is 36.2 Å². The van der Waals surface area contributed by atoms with Crippen molar-refractivity contribution in [3.8, 4) is 11.1 Å². The molecule has 1 fully saturated rings. The van der Waals surface area contributed by atoms with E-state index in [1.54, 1.807) is 0 Å². The van der Waals surface area contributed by atoms with E-state index >= 15 is 0 Å². The van der Waals surface area contributed by atoms with Crippen molar-refractivity contribution in [2.24, 2.45) is 14.1 Å². The van der Waals surface area contributed by atoms with E-state index in [1.807, 2.05) is 60.1 Å². The first-order valence-corrected chi connectivity index (χ1v) is 22.5. The number of fused-ring (bicyclic) bond motifs is 4. The summed E-state index contributed by atoms with van der Waals surface area (Å²) in [5, 5.41) is 6.33. The molecule has 0 saturated carbocycles. The maximum atomic E-state index is 6.16. The Hall–Kier alpha value is -7.00. The summed E-state index contributed by atoms with van der Waals surface area (Å²) in [5.41, 5.74) is 20.7. The van der Waals surface area contributed by atoms with Crippen LogP contribution in [0.15, 0.2) is 151 Å². The minimum Gasteiger partial charge on any atom is -0.399 e. The van der Waals surface area contributed by atoms with Gasteiger partial charge in [0.25, 0.3) is 0 Å². The highest BCUT2D eigenvalue weighted by atomic mass is 79.9. The third kappa shape index (κ3) is 9.12. The van der Waals surface area contributed by atoms with Gasteiger partial charge in [0.05, 0.1) is 22.0 Å². The molecule has 11 rings (SSSR count). The Balaban J connectivity index is 0.000000134. The number of nitrogens with zero attached hydrogens (tertiary/aromatic N) is 8. The van der Waals surface area contributed by atoms with Gasteiger partial charge in [-0.15, -0.1) is 0 Å². The molecule has 66 heavy (non-hydrogen) atoms. The second kappa shape index (κ2) is 18.1. The molecule has 0 radical (unpaired) electrons. The zero-order valence-electron chi connectivity index (χ0n) is 37.8. The van der Waals surface area contributed by atoms with Crippen LogP contribution in [0.3, 0.4) is 0 Å². The van der Waals surface area contributed by atoms with E-state index in [2.05, 4.69) is 171 Å². The van der Waals surface area contributed by atoms with Gasteiger partial charge in [0, 0.05) is 78.5 Å². The summed E-state index contributed by atoms with van der Waals surface area (Å²) in [6, 6.07) is 37.9. The van der Waals surface area contributed by atoms with Gasteiger partial charge in [-0.1, -0.05) is 91.0 Å². The van der Waals surface area contributed by atoms with Gasteiger partial charge in [0.15, 0.2) is 0 Å². The summed E-state index contributed by atoms with van der Waals surface area (Å²) in [5.74, 6) is 1.00. The van der Waals surface area contributed by atoms with Gasteiger partial charge < -0.3 is 29.9 Å². The predicted molar refractivity (Wildman–Crippen MR) is 270 cm³/mol. The molecule has 4 N–H and O–H groups in total. The van der Waals surface area contributed by atoms with Gasteiger partial charge in [-0.2, -0.15) is 0 Å². The second-order valence-corrected chi connectivity index (χ2v) is 18.4. The average Bonchev–Trinajstić information content (AvgIpc) is 3.89. The Morgan fingerprint density at radius 1 is 0.561 bits per heavy atom. The number of halogens is 1. The number of nitrogens with two attached hydrogens (primary N) is 2. The Kier molecular flexibility index (Phi) is 12.1. The molecular formula is C52H50BBrN10O2. The lowest BCUT2D eigenvalue weighted by molar-refractivity contribution is 0.00578. The summed E-state index contributed by atoms with van der Waals surface area (Å²) in [6.07, 6.45) is 12.5. The fraction of sp³-hybridized carbons (Fsp3) is 0.192. The van der Waals surface area contributed by atoms with E-state index in [0.717, 1.165) is 78.1 Å². The van der Waals surface area contributed by atoms with Gasteiger partial charge in [0.2, 0.25) is 0 Å². The fourth-order valence-electron chi connectivity index (χ4n) is 8.12. The average molecular weight is 938 g/mol. The van der Waals surface area contributed by atoms with Crippen LogP contribution in [0.2, 0.25) is 0 Å². The first-order valence-electron chi connectivity index (χ1n) is 21.7. The van der Waals surface area contributed by atoms with Crippen molar-refractivity contribution < 1.29 is 9.31 Å². The number of rotatable bonds is 6. The predicted octanol–water partition coefficient (Wildman–Crippen LogP) is 9.79. The molecule has 6 aromatic heterocycles. The van der Waals surface area contributed by atoms with Crippen molar-refractivity contribution in [1.29, 1.82) is 0 Å². The monoisotopic (exact) mass is 936 g/mol. The molecule has 0 atom stereocenters. The lowest BCUT2D eigenvalue weighted by atomic mass is 9.78. The number of hydrogen-bond acceptors (Lipinski definition) is 10. The van der Waals surface area contributed by atoms with Crippen molar-refractivity contribution in [3.63, 3.8) is 0 Å². The Morgan fingerprint density at radius 2 is 1.06 bits per heavy atom. The summed E-state index contributed by atoms with van der Waals surface area (Å²) in [4.78, 5) is 25.8. The Morgan fingerprint density at radius 3 is 1.62 bits per heavy atom. The van der Waals surface area contributed by atoms with Gasteiger partial charge in [-0.05, 0) is 100 Å². The van der Waals surface area contributed by atoms with E-state index < -0.39 is 0 Å². The topological polar surface area (TPSA) is 158 Å². The smallest absolute Gasteiger partial charge is 0.399 e. The molecule has 14 heteroatoms. The minimum absolute atomic E-state index is 0.329. The molecule has 0 amide bonds. The van der Waals surface area contributed by atoms with Crippen molar-refractivity contribution in [2.45, 2.75) is 51.7 Å². The van der Waals surface area contributed by atoms with Gasteiger partial charge in [-0.3, -0.25) is 9.97 Å². The van der Waals surface area contributed by atoms with Gasteiger partial charge >= 0.3 is 7.12 Å². The summed E-state index contributed by atoms with van der Waals surface area (Å²) >= 11 is 3.39. The molecule has 0 bridgehead atoms. The van der Waals surface area contributed by atoms with Crippen molar-refractivity contribution in [3.05, 3.63) is 174 Å². The third-order valence-corrected chi connectivity index (χ3v) is 13.0. The molecule has 0 spiro atoms. The molecule has 0 aliphatic carbocycles. The lowest BCUT2D eigenvalue weighted by Gasteiger charge is -2.32. The molecule has 10 aromatic rings. The van der Waals surface area contributed by atoms with E-state index in [4.69, 9.17) is 20.8 Å². The molecule has 0 unspecified atom stereocenters. The number of hydrogen-bond donors (Lipinski definition) is 2.